The first-order valence-electron chi connectivity index (χ1n) is 7.53. The summed E-state index contributed by atoms with van der Waals surface area (Å²) >= 11 is 1.20. The normalized spacial score (nSPS) is 10.9. The SMILES string of the molecule is O=C(COC(=O)/C=C/c1ccc(O)cc1)Nc1nc2ccc(O)cc2s1. The minimum Gasteiger partial charge on any atom is -0.508 e. The summed E-state index contributed by atoms with van der Waals surface area (Å²) in [6, 6.07) is 11.0. The number of anilines is 1. The topological polar surface area (TPSA) is 109 Å². The number of rotatable bonds is 5. The van der Waals surface area contributed by atoms with Crippen molar-refractivity contribution in [2.24, 2.45) is 0 Å². The number of fused-ring (bicyclic) bond motifs is 1. The molecule has 2 aromatic carbocycles. The zero-order valence-corrected chi connectivity index (χ0v) is 14.2. The lowest BCUT2D eigenvalue weighted by molar-refractivity contribution is -0.142. The fourth-order valence-corrected chi connectivity index (χ4v) is 2.97. The van der Waals surface area contributed by atoms with E-state index in [0.717, 1.165) is 4.70 Å². The third-order valence-corrected chi connectivity index (χ3v) is 4.20. The molecule has 0 saturated carbocycles. The highest BCUT2D eigenvalue weighted by Crippen LogP contribution is 2.28. The van der Waals surface area contributed by atoms with Crippen LogP contribution in [0.4, 0.5) is 5.13 Å². The average Bonchev–Trinajstić information content (AvgIpc) is 3.00. The van der Waals surface area contributed by atoms with Gasteiger partial charge in [-0.1, -0.05) is 23.5 Å². The number of phenols is 2. The number of phenolic OH excluding ortho intramolecular Hbond substituents is 2. The maximum atomic E-state index is 11.8. The predicted octanol–water partition coefficient (Wildman–Crippen LogP) is 2.90. The van der Waals surface area contributed by atoms with E-state index in [1.165, 1.54) is 41.7 Å². The van der Waals surface area contributed by atoms with Crippen molar-refractivity contribution < 1.29 is 24.5 Å². The van der Waals surface area contributed by atoms with E-state index in [9.17, 15) is 19.8 Å². The highest BCUT2D eigenvalue weighted by molar-refractivity contribution is 7.22. The summed E-state index contributed by atoms with van der Waals surface area (Å²) in [6.07, 6.45) is 2.71. The van der Waals surface area contributed by atoms with Crippen LogP contribution in [0.15, 0.2) is 48.5 Å². The van der Waals surface area contributed by atoms with Crippen molar-refractivity contribution in [1.29, 1.82) is 0 Å². The molecule has 3 N–H and O–H groups in total. The number of nitrogens with one attached hydrogen (secondary N) is 1. The maximum absolute atomic E-state index is 11.8. The monoisotopic (exact) mass is 370 g/mol. The van der Waals surface area contributed by atoms with Gasteiger partial charge >= 0.3 is 5.97 Å². The minimum absolute atomic E-state index is 0.119. The predicted molar refractivity (Wildman–Crippen MR) is 98.0 cm³/mol. The van der Waals surface area contributed by atoms with Crippen LogP contribution < -0.4 is 5.32 Å². The molecule has 0 unspecified atom stereocenters. The van der Waals surface area contributed by atoms with Crippen molar-refractivity contribution in [1.82, 2.24) is 4.98 Å². The summed E-state index contributed by atoms with van der Waals surface area (Å²) in [4.78, 5) is 27.7. The lowest BCUT2D eigenvalue weighted by atomic mass is 10.2. The van der Waals surface area contributed by atoms with E-state index in [4.69, 9.17) is 4.74 Å². The maximum Gasteiger partial charge on any atom is 0.331 e. The van der Waals surface area contributed by atoms with Crippen molar-refractivity contribution in [3.8, 4) is 11.5 Å². The number of esters is 1. The molecule has 8 heteroatoms. The van der Waals surface area contributed by atoms with Gasteiger partial charge in [-0.15, -0.1) is 0 Å². The van der Waals surface area contributed by atoms with Crippen LogP contribution in [-0.2, 0) is 14.3 Å². The highest BCUT2D eigenvalue weighted by Gasteiger charge is 2.10. The summed E-state index contributed by atoms with van der Waals surface area (Å²) in [5.74, 6) is -0.929. The van der Waals surface area contributed by atoms with Crippen LogP contribution >= 0.6 is 11.3 Å². The second kappa shape index (κ2) is 7.66. The molecule has 1 amide bonds. The highest BCUT2D eigenvalue weighted by atomic mass is 32.1. The van der Waals surface area contributed by atoms with Crippen molar-refractivity contribution in [3.05, 3.63) is 54.1 Å². The number of carbonyl (C=O) groups excluding carboxylic acids is 2. The van der Waals surface area contributed by atoms with Crippen LogP contribution in [-0.4, -0.2) is 33.7 Å². The first-order valence-corrected chi connectivity index (χ1v) is 8.34. The van der Waals surface area contributed by atoms with Crippen molar-refractivity contribution in [2.45, 2.75) is 0 Å². The molecule has 0 spiro atoms. The van der Waals surface area contributed by atoms with E-state index in [-0.39, 0.29) is 11.5 Å². The van der Waals surface area contributed by atoms with Gasteiger partial charge in [0.15, 0.2) is 11.7 Å². The van der Waals surface area contributed by atoms with E-state index in [0.29, 0.717) is 16.2 Å². The second-order valence-corrected chi connectivity index (χ2v) is 6.28. The molecule has 0 aliphatic rings. The van der Waals surface area contributed by atoms with E-state index < -0.39 is 18.5 Å². The van der Waals surface area contributed by atoms with Crippen LogP contribution in [0.2, 0.25) is 0 Å². The van der Waals surface area contributed by atoms with E-state index in [1.807, 2.05) is 0 Å². The molecule has 0 bridgehead atoms. The molecule has 26 heavy (non-hydrogen) atoms. The van der Waals surface area contributed by atoms with Gasteiger partial charge in [-0.2, -0.15) is 0 Å². The number of hydrogen-bond donors (Lipinski definition) is 3. The summed E-state index contributed by atoms with van der Waals surface area (Å²) < 4.78 is 5.60. The number of nitrogens with zero attached hydrogens (tertiary/aromatic N) is 1. The standard InChI is InChI=1S/C18H14N2O5S/c21-12-4-1-11(2-5-12)3-8-17(24)25-10-16(23)20-18-19-14-7-6-13(22)9-15(14)26-18/h1-9,21-22H,10H2,(H,19,20,23)/b8-3+. The van der Waals surface area contributed by atoms with Gasteiger partial charge < -0.3 is 14.9 Å². The second-order valence-electron chi connectivity index (χ2n) is 5.25. The molecule has 1 aromatic heterocycles. The Kier molecular flexibility index (Phi) is 5.14. The Morgan fingerprint density at radius 2 is 1.85 bits per heavy atom. The molecule has 0 aliphatic heterocycles. The zero-order valence-electron chi connectivity index (χ0n) is 13.4. The molecule has 0 aliphatic carbocycles. The Bertz CT molecular complexity index is 979. The van der Waals surface area contributed by atoms with Gasteiger partial charge in [0.25, 0.3) is 5.91 Å². The molecule has 0 fully saturated rings. The molecule has 0 saturated heterocycles. The molecule has 3 rings (SSSR count). The minimum atomic E-state index is -0.664. The number of benzene rings is 2. The van der Waals surface area contributed by atoms with Gasteiger partial charge in [0.05, 0.1) is 10.2 Å². The Morgan fingerprint density at radius 1 is 1.12 bits per heavy atom. The Labute approximate surface area is 152 Å². The van der Waals surface area contributed by atoms with E-state index in [2.05, 4.69) is 10.3 Å². The van der Waals surface area contributed by atoms with Gasteiger partial charge in [0.1, 0.15) is 11.5 Å². The molecule has 132 valence electrons. The number of aromatic hydroxyl groups is 2. The van der Waals surface area contributed by atoms with Crippen molar-refractivity contribution in [2.75, 3.05) is 11.9 Å². The number of hydrogen-bond acceptors (Lipinski definition) is 7. The lowest BCUT2D eigenvalue weighted by Gasteiger charge is -2.02. The van der Waals surface area contributed by atoms with Crippen molar-refractivity contribution in [3.63, 3.8) is 0 Å². The fourth-order valence-electron chi connectivity index (χ4n) is 2.06. The number of carbonyl (C=O) groups is 2. The van der Waals surface area contributed by atoms with Crippen LogP contribution in [0.1, 0.15) is 5.56 Å². The Morgan fingerprint density at radius 3 is 2.62 bits per heavy atom. The summed E-state index contributed by atoms with van der Waals surface area (Å²) in [5.41, 5.74) is 1.36. The third kappa shape index (κ3) is 4.58. The number of thiazole rings is 1. The largest absolute Gasteiger partial charge is 0.508 e. The van der Waals surface area contributed by atoms with Gasteiger partial charge in [-0.25, -0.2) is 9.78 Å². The van der Waals surface area contributed by atoms with Gasteiger partial charge in [-0.3, -0.25) is 10.1 Å². The first-order chi connectivity index (χ1) is 12.5. The summed E-state index contributed by atoms with van der Waals surface area (Å²) in [5, 5.41) is 21.5. The van der Waals surface area contributed by atoms with Gasteiger partial charge in [-0.05, 0) is 42.0 Å². The number of amides is 1. The van der Waals surface area contributed by atoms with Crippen LogP contribution in [0, 0.1) is 0 Å². The molecule has 1 heterocycles. The Hall–Kier alpha value is -3.39. The molecular weight excluding hydrogens is 356 g/mol. The average molecular weight is 370 g/mol. The number of ether oxygens (including phenoxy) is 1. The zero-order chi connectivity index (χ0) is 18.5. The smallest absolute Gasteiger partial charge is 0.331 e. The van der Waals surface area contributed by atoms with Gasteiger partial charge in [0.2, 0.25) is 0 Å². The van der Waals surface area contributed by atoms with E-state index in [1.54, 1.807) is 24.3 Å². The molecule has 0 radical (unpaired) electrons. The molecule has 0 atom stereocenters. The fraction of sp³-hybridized carbons (Fsp3) is 0.0556. The summed E-state index contributed by atoms with van der Waals surface area (Å²) in [7, 11) is 0. The number of aromatic nitrogens is 1. The first kappa shape index (κ1) is 17.4. The third-order valence-electron chi connectivity index (χ3n) is 3.27. The lowest BCUT2D eigenvalue weighted by Crippen LogP contribution is -2.19. The molecular formula is C18H14N2O5S. The summed E-state index contributed by atoms with van der Waals surface area (Å²) in [6.45, 7) is -0.445. The molecule has 3 aromatic rings. The van der Waals surface area contributed by atoms with E-state index >= 15 is 0 Å². The quantitative estimate of drug-likeness (QED) is 0.471. The van der Waals surface area contributed by atoms with Crippen LogP contribution in [0.25, 0.3) is 16.3 Å². The van der Waals surface area contributed by atoms with Crippen LogP contribution in [0.5, 0.6) is 11.5 Å². The Balaban J connectivity index is 1.51. The van der Waals surface area contributed by atoms with Crippen molar-refractivity contribution >= 4 is 44.6 Å². The van der Waals surface area contributed by atoms with Crippen LogP contribution in [0.3, 0.4) is 0 Å². The molecule has 7 nitrogen and oxygen atoms in total. The van der Waals surface area contributed by atoms with Gasteiger partial charge in [0, 0.05) is 6.08 Å².